The molecule has 0 radical (unpaired) electrons. The number of rotatable bonds is 3. The molecule has 0 atom stereocenters. The molecule has 1 aromatic carbocycles. The Hall–Kier alpha value is -1.93. The van der Waals surface area contributed by atoms with Crippen LogP contribution < -0.4 is 4.90 Å². The molecule has 1 saturated heterocycles. The lowest BCUT2D eigenvalue weighted by Crippen LogP contribution is -2.49. The van der Waals surface area contributed by atoms with Crippen LogP contribution in [0.3, 0.4) is 0 Å². The van der Waals surface area contributed by atoms with E-state index < -0.39 is 10.0 Å². The highest BCUT2D eigenvalue weighted by Gasteiger charge is 2.32. The summed E-state index contributed by atoms with van der Waals surface area (Å²) in [6.07, 6.45) is 0. The molecule has 0 aliphatic carbocycles. The van der Waals surface area contributed by atoms with Crippen molar-refractivity contribution >= 4 is 16.0 Å². The van der Waals surface area contributed by atoms with E-state index in [1.54, 1.807) is 6.92 Å². The van der Waals surface area contributed by atoms with Crippen molar-refractivity contribution in [1.82, 2.24) is 14.5 Å². The molecule has 2 aromatic rings. The maximum absolute atomic E-state index is 13.0. The minimum absolute atomic E-state index is 0.399. The van der Waals surface area contributed by atoms with Gasteiger partial charge in [0.25, 0.3) is 0 Å². The van der Waals surface area contributed by atoms with Gasteiger partial charge in [-0.25, -0.2) is 8.42 Å². The number of benzene rings is 1. The van der Waals surface area contributed by atoms with E-state index in [-0.39, 0.29) is 0 Å². The summed E-state index contributed by atoms with van der Waals surface area (Å²) >= 11 is 0. The molecule has 8 heteroatoms. The summed E-state index contributed by atoms with van der Waals surface area (Å²) in [7, 11) is -3.50. The largest absolute Gasteiger partial charge is 0.408 e. The maximum atomic E-state index is 13.0. The van der Waals surface area contributed by atoms with Crippen LogP contribution >= 0.6 is 0 Å². The first-order valence-corrected chi connectivity index (χ1v) is 9.36. The second-order valence-corrected chi connectivity index (χ2v) is 8.10. The van der Waals surface area contributed by atoms with Gasteiger partial charge in [-0.1, -0.05) is 22.8 Å². The lowest BCUT2D eigenvalue weighted by Gasteiger charge is -2.33. The molecule has 0 spiro atoms. The molecule has 0 saturated carbocycles. The molecular formula is C16H22N4O3S. The van der Waals surface area contributed by atoms with Crippen molar-refractivity contribution in [2.45, 2.75) is 32.6 Å². The first-order chi connectivity index (χ1) is 11.3. The van der Waals surface area contributed by atoms with Crippen molar-refractivity contribution in [3.8, 4) is 0 Å². The van der Waals surface area contributed by atoms with Crippen molar-refractivity contribution in [3.63, 3.8) is 0 Å². The minimum atomic E-state index is -3.50. The average Bonchev–Trinajstić information content (AvgIpc) is 2.92. The van der Waals surface area contributed by atoms with Gasteiger partial charge in [0, 0.05) is 33.1 Å². The van der Waals surface area contributed by atoms with Gasteiger partial charge in [-0.15, -0.1) is 5.10 Å². The van der Waals surface area contributed by atoms with Crippen LogP contribution in [0.2, 0.25) is 0 Å². The Morgan fingerprint density at radius 2 is 1.54 bits per heavy atom. The standard InChI is InChI=1S/C16H22N4O3S/c1-11-9-12(2)15(13(3)10-11)24(21,22)20-7-5-19(6-8-20)16-18-17-14(4)23-16/h9-10H,5-8H2,1-4H3. The van der Waals surface area contributed by atoms with E-state index in [0.717, 1.165) is 16.7 Å². The number of aromatic nitrogens is 2. The molecule has 1 aromatic heterocycles. The summed E-state index contributed by atoms with van der Waals surface area (Å²) in [4.78, 5) is 2.34. The molecule has 0 amide bonds. The number of anilines is 1. The van der Waals surface area contributed by atoms with Crippen molar-refractivity contribution in [2.24, 2.45) is 0 Å². The third-order valence-corrected chi connectivity index (χ3v) is 6.43. The number of aryl methyl sites for hydroxylation is 4. The van der Waals surface area contributed by atoms with E-state index >= 15 is 0 Å². The topological polar surface area (TPSA) is 79.5 Å². The van der Waals surface area contributed by atoms with Crippen LogP contribution in [0, 0.1) is 27.7 Å². The molecule has 130 valence electrons. The quantitative estimate of drug-likeness (QED) is 0.840. The highest BCUT2D eigenvalue weighted by Crippen LogP contribution is 2.26. The summed E-state index contributed by atoms with van der Waals surface area (Å²) in [6.45, 7) is 9.28. The molecule has 0 unspecified atom stereocenters. The Kier molecular flexibility index (Phi) is 4.35. The zero-order valence-corrected chi connectivity index (χ0v) is 15.2. The lowest BCUT2D eigenvalue weighted by atomic mass is 10.1. The van der Waals surface area contributed by atoms with E-state index in [1.807, 2.05) is 37.8 Å². The van der Waals surface area contributed by atoms with Gasteiger partial charge >= 0.3 is 6.01 Å². The first kappa shape index (κ1) is 16.9. The van der Waals surface area contributed by atoms with E-state index in [1.165, 1.54) is 4.31 Å². The zero-order chi connectivity index (χ0) is 17.5. The predicted octanol–water partition coefficient (Wildman–Crippen LogP) is 1.81. The Morgan fingerprint density at radius 1 is 0.958 bits per heavy atom. The third kappa shape index (κ3) is 3.03. The Morgan fingerprint density at radius 3 is 2.04 bits per heavy atom. The molecular weight excluding hydrogens is 328 g/mol. The van der Waals surface area contributed by atoms with Crippen molar-refractivity contribution in [1.29, 1.82) is 0 Å². The molecule has 1 aliphatic rings. The molecule has 0 N–H and O–H groups in total. The van der Waals surface area contributed by atoms with E-state index in [2.05, 4.69) is 10.2 Å². The second kappa shape index (κ2) is 6.18. The number of hydrogen-bond donors (Lipinski definition) is 0. The lowest BCUT2D eigenvalue weighted by molar-refractivity contribution is 0.369. The Labute approximate surface area is 142 Å². The predicted molar refractivity (Wildman–Crippen MR) is 90.7 cm³/mol. The normalized spacial score (nSPS) is 16.6. The minimum Gasteiger partial charge on any atom is -0.408 e. The number of hydrogen-bond acceptors (Lipinski definition) is 6. The van der Waals surface area contributed by atoms with Crippen LogP contribution in [-0.2, 0) is 10.0 Å². The second-order valence-electron chi connectivity index (χ2n) is 6.22. The van der Waals surface area contributed by atoms with Gasteiger partial charge in [0.1, 0.15) is 0 Å². The third-order valence-electron chi connectivity index (χ3n) is 4.23. The van der Waals surface area contributed by atoms with E-state index in [0.29, 0.717) is 43.0 Å². The summed E-state index contributed by atoms with van der Waals surface area (Å²) in [5.41, 5.74) is 2.66. The SMILES string of the molecule is Cc1cc(C)c(S(=O)(=O)N2CCN(c3nnc(C)o3)CC2)c(C)c1. The molecule has 2 heterocycles. The smallest absolute Gasteiger partial charge is 0.318 e. The fourth-order valence-electron chi connectivity index (χ4n) is 3.24. The van der Waals surface area contributed by atoms with Crippen LogP contribution in [0.25, 0.3) is 0 Å². The Bertz CT molecular complexity index is 829. The summed E-state index contributed by atoms with van der Waals surface area (Å²) in [5, 5.41) is 7.81. The highest BCUT2D eigenvalue weighted by atomic mass is 32.2. The highest BCUT2D eigenvalue weighted by molar-refractivity contribution is 7.89. The monoisotopic (exact) mass is 350 g/mol. The van der Waals surface area contributed by atoms with Gasteiger partial charge in [-0.3, -0.25) is 0 Å². The average molecular weight is 350 g/mol. The van der Waals surface area contributed by atoms with Gasteiger partial charge < -0.3 is 9.32 Å². The maximum Gasteiger partial charge on any atom is 0.318 e. The van der Waals surface area contributed by atoms with E-state index in [9.17, 15) is 8.42 Å². The molecule has 24 heavy (non-hydrogen) atoms. The van der Waals surface area contributed by atoms with Crippen LogP contribution in [-0.4, -0.2) is 49.1 Å². The Balaban J connectivity index is 1.81. The summed E-state index contributed by atoms with van der Waals surface area (Å²) in [6, 6.07) is 4.28. The fraction of sp³-hybridized carbons (Fsp3) is 0.500. The van der Waals surface area contributed by atoms with Crippen LogP contribution in [0.1, 0.15) is 22.6 Å². The van der Waals surface area contributed by atoms with Gasteiger partial charge in [0.2, 0.25) is 15.9 Å². The van der Waals surface area contributed by atoms with Gasteiger partial charge in [-0.05, 0) is 31.9 Å². The number of sulfonamides is 1. The molecule has 0 bridgehead atoms. The fourth-order valence-corrected chi connectivity index (χ4v) is 5.07. The zero-order valence-electron chi connectivity index (χ0n) is 14.4. The number of nitrogens with zero attached hydrogens (tertiary/aromatic N) is 4. The van der Waals surface area contributed by atoms with Gasteiger partial charge in [0.05, 0.1) is 4.90 Å². The van der Waals surface area contributed by atoms with Crippen molar-refractivity contribution in [2.75, 3.05) is 31.1 Å². The summed E-state index contributed by atoms with van der Waals surface area (Å²) in [5.74, 6) is 0.506. The van der Waals surface area contributed by atoms with Gasteiger partial charge in [-0.2, -0.15) is 4.31 Å². The van der Waals surface area contributed by atoms with Crippen LogP contribution in [0.15, 0.2) is 21.4 Å². The number of piperazine rings is 1. The molecule has 7 nitrogen and oxygen atoms in total. The molecule has 1 fully saturated rings. The van der Waals surface area contributed by atoms with Crippen molar-refractivity contribution < 1.29 is 12.8 Å². The molecule has 1 aliphatic heterocycles. The van der Waals surface area contributed by atoms with E-state index in [4.69, 9.17) is 4.42 Å². The van der Waals surface area contributed by atoms with Crippen LogP contribution in [0.4, 0.5) is 6.01 Å². The molecule has 3 rings (SSSR count). The summed E-state index contributed by atoms with van der Waals surface area (Å²) < 4.78 is 33.0. The van der Waals surface area contributed by atoms with Crippen LogP contribution in [0.5, 0.6) is 0 Å². The van der Waals surface area contributed by atoms with Gasteiger partial charge in [0.15, 0.2) is 0 Å². The van der Waals surface area contributed by atoms with Crippen molar-refractivity contribution in [3.05, 3.63) is 34.7 Å². The first-order valence-electron chi connectivity index (χ1n) is 7.92.